The summed E-state index contributed by atoms with van der Waals surface area (Å²) < 4.78 is 35.8. The topological polar surface area (TPSA) is 37.8 Å². The lowest BCUT2D eigenvalue weighted by Gasteiger charge is -2.07. The van der Waals surface area contributed by atoms with Crippen molar-refractivity contribution >= 4 is 21.7 Å². The second-order valence-corrected chi connectivity index (χ2v) is 3.33. The summed E-state index contributed by atoms with van der Waals surface area (Å²) >= 11 is 3.08. The predicted octanol–water partition coefficient (Wildman–Crippen LogP) is 2.60. The molecular weight excluding hydrogens is 263 g/mol. The van der Waals surface area contributed by atoms with Crippen LogP contribution >= 0.6 is 15.9 Å². The zero-order valence-electron chi connectivity index (χ0n) is 6.98. The van der Waals surface area contributed by atoms with Crippen LogP contribution in [0.5, 0.6) is 0 Å². The molecule has 0 aromatic carbocycles. The molecule has 1 aromatic rings. The van der Waals surface area contributed by atoms with Gasteiger partial charge in [-0.05, 0) is 15.9 Å². The zero-order valence-corrected chi connectivity index (χ0v) is 8.56. The van der Waals surface area contributed by atoms with E-state index in [-0.39, 0.29) is 6.54 Å². The Balaban J connectivity index is 2.39. The minimum Gasteiger partial charge on any atom is -0.370 e. The van der Waals surface area contributed by atoms with Crippen molar-refractivity contribution in [3.8, 4) is 0 Å². The van der Waals surface area contributed by atoms with Gasteiger partial charge in [0, 0.05) is 12.6 Å². The van der Waals surface area contributed by atoms with Gasteiger partial charge in [-0.15, -0.1) is 0 Å². The average Bonchev–Trinajstić information content (AvgIpc) is 2.01. The van der Waals surface area contributed by atoms with Gasteiger partial charge in [0.2, 0.25) is 0 Å². The number of halogens is 4. The summed E-state index contributed by atoms with van der Waals surface area (Å²) in [6.07, 6.45) is -3.76. The summed E-state index contributed by atoms with van der Waals surface area (Å²) in [6, 6.07) is 1.51. The third-order valence-corrected chi connectivity index (χ3v) is 1.78. The Morgan fingerprint density at radius 2 is 2.07 bits per heavy atom. The molecule has 0 radical (unpaired) electrons. The van der Waals surface area contributed by atoms with Crippen LogP contribution in [-0.2, 0) is 0 Å². The molecule has 1 rings (SSSR count). The third-order valence-electron chi connectivity index (χ3n) is 1.35. The molecular formula is C7H7BrF3N3. The zero-order chi connectivity index (χ0) is 10.6. The Morgan fingerprint density at radius 3 is 2.64 bits per heavy atom. The molecule has 0 amide bonds. The van der Waals surface area contributed by atoms with Crippen LogP contribution in [0.1, 0.15) is 6.42 Å². The molecule has 0 spiro atoms. The van der Waals surface area contributed by atoms with Crippen molar-refractivity contribution < 1.29 is 13.2 Å². The maximum absolute atomic E-state index is 11.8. The molecule has 0 aliphatic carbocycles. The van der Waals surface area contributed by atoms with E-state index in [0.717, 1.165) is 0 Å². The lowest BCUT2D eigenvalue weighted by Crippen LogP contribution is -2.15. The van der Waals surface area contributed by atoms with Gasteiger partial charge in [0.15, 0.2) is 0 Å². The standard InChI is InChI=1S/C7H7BrF3N3/c8-5-3-6(14-4-13-5)12-2-1-7(9,10)11/h3-4H,1-2H2,(H,12,13,14). The van der Waals surface area contributed by atoms with E-state index in [1.54, 1.807) is 0 Å². The molecule has 1 N–H and O–H groups in total. The fourth-order valence-electron chi connectivity index (χ4n) is 0.763. The first kappa shape index (κ1) is 11.2. The number of alkyl halides is 3. The molecule has 1 heterocycles. The third kappa shape index (κ3) is 4.40. The van der Waals surface area contributed by atoms with Gasteiger partial charge in [0.25, 0.3) is 0 Å². The Morgan fingerprint density at radius 1 is 1.36 bits per heavy atom. The molecule has 0 unspecified atom stereocenters. The maximum Gasteiger partial charge on any atom is 0.390 e. The molecule has 3 nitrogen and oxygen atoms in total. The molecule has 0 atom stereocenters. The Kier molecular flexibility index (Phi) is 3.68. The quantitative estimate of drug-likeness (QED) is 0.858. The van der Waals surface area contributed by atoms with Crippen LogP contribution in [0.25, 0.3) is 0 Å². The minimum absolute atomic E-state index is 0.188. The fraction of sp³-hybridized carbons (Fsp3) is 0.429. The van der Waals surface area contributed by atoms with Gasteiger partial charge in [-0.2, -0.15) is 13.2 Å². The molecule has 1 aromatic heterocycles. The summed E-state index contributed by atoms with van der Waals surface area (Å²) in [5.74, 6) is 0.371. The van der Waals surface area contributed by atoms with Crippen molar-refractivity contribution in [3.05, 3.63) is 17.0 Å². The van der Waals surface area contributed by atoms with E-state index in [2.05, 4.69) is 31.2 Å². The predicted molar refractivity (Wildman–Crippen MR) is 48.9 cm³/mol. The van der Waals surface area contributed by atoms with Crippen LogP contribution in [0.15, 0.2) is 17.0 Å². The van der Waals surface area contributed by atoms with Crippen LogP contribution in [-0.4, -0.2) is 22.7 Å². The van der Waals surface area contributed by atoms with Gasteiger partial charge in [-0.3, -0.25) is 0 Å². The molecule has 0 bridgehead atoms. The highest BCUT2D eigenvalue weighted by atomic mass is 79.9. The number of hydrogen-bond donors (Lipinski definition) is 1. The summed E-state index contributed by atoms with van der Waals surface area (Å²) in [6.45, 7) is -0.188. The summed E-state index contributed by atoms with van der Waals surface area (Å²) in [5.41, 5.74) is 0. The van der Waals surface area contributed by atoms with E-state index in [0.29, 0.717) is 10.4 Å². The van der Waals surface area contributed by atoms with Crippen molar-refractivity contribution in [2.75, 3.05) is 11.9 Å². The van der Waals surface area contributed by atoms with Crippen LogP contribution in [0.3, 0.4) is 0 Å². The van der Waals surface area contributed by atoms with Crippen LogP contribution in [0.4, 0.5) is 19.0 Å². The molecule has 78 valence electrons. The van der Waals surface area contributed by atoms with Gasteiger partial charge in [-0.25, -0.2) is 9.97 Å². The molecule has 0 aliphatic rings. The van der Waals surface area contributed by atoms with Gasteiger partial charge in [0.05, 0.1) is 6.42 Å². The first-order valence-corrected chi connectivity index (χ1v) is 4.55. The Labute approximate surface area is 86.9 Å². The van der Waals surface area contributed by atoms with E-state index < -0.39 is 12.6 Å². The van der Waals surface area contributed by atoms with E-state index in [1.165, 1.54) is 12.4 Å². The number of hydrogen-bond acceptors (Lipinski definition) is 3. The first-order chi connectivity index (χ1) is 6.47. The highest BCUT2D eigenvalue weighted by molar-refractivity contribution is 9.10. The van der Waals surface area contributed by atoms with Crippen LogP contribution < -0.4 is 5.32 Å². The van der Waals surface area contributed by atoms with Crippen LogP contribution in [0.2, 0.25) is 0 Å². The average molecular weight is 270 g/mol. The molecule has 0 fully saturated rings. The number of nitrogens with one attached hydrogen (secondary N) is 1. The highest BCUT2D eigenvalue weighted by Crippen LogP contribution is 2.19. The summed E-state index contributed by atoms with van der Waals surface area (Å²) in [5, 5.41) is 2.54. The maximum atomic E-state index is 11.8. The van der Waals surface area contributed by atoms with Gasteiger partial charge in [0.1, 0.15) is 16.7 Å². The summed E-state index contributed by atoms with van der Waals surface area (Å²) in [4.78, 5) is 7.48. The van der Waals surface area contributed by atoms with Crippen molar-refractivity contribution in [2.24, 2.45) is 0 Å². The van der Waals surface area contributed by atoms with Gasteiger partial charge >= 0.3 is 6.18 Å². The fourth-order valence-corrected chi connectivity index (χ4v) is 1.07. The normalized spacial score (nSPS) is 11.4. The van der Waals surface area contributed by atoms with E-state index in [4.69, 9.17) is 0 Å². The van der Waals surface area contributed by atoms with Gasteiger partial charge in [-0.1, -0.05) is 0 Å². The SMILES string of the molecule is FC(F)(F)CCNc1cc(Br)ncn1. The summed E-state index contributed by atoms with van der Waals surface area (Å²) in [7, 11) is 0. The van der Waals surface area contributed by atoms with E-state index in [1.807, 2.05) is 0 Å². The van der Waals surface area contributed by atoms with Crippen molar-refractivity contribution in [2.45, 2.75) is 12.6 Å². The van der Waals surface area contributed by atoms with Gasteiger partial charge < -0.3 is 5.32 Å². The smallest absolute Gasteiger partial charge is 0.370 e. The molecule has 7 heteroatoms. The number of aromatic nitrogens is 2. The molecule has 0 aliphatic heterocycles. The second-order valence-electron chi connectivity index (χ2n) is 2.52. The largest absolute Gasteiger partial charge is 0.390 e. The lowest BCUT2D eigenvalue weighted by molar-refractivity contribution is -0.131. The molecule has 14 heavy (non-hydrogen) atoms. The van der Waals surface area contributed by atoms with Crippen molar-refractivity contribution in [1.29, 1.82) is 0 Å². The minimum atomic E-state index is -4.14. The molecule has 0 saturated heterocycles. The number of anilines is 1. The lowest BCUT2D eigenvalue weighted by atomic mass is 10.4. The van der Waals surface area contributed by atoms with Crippen LogP contribution in [0, 0.1) is 0 Å². The second kappa shape index (κ2) is 4.59. The van der Waals surface area contributed by atoms with Crippen molar-refractivity contribution in [3.63, 3.8) is 0 Å². The monoisotopic (exact) mass is 269 g/mol. The van der Waals surface area contributed by atoms with Crippen molar-refractivity contribution in [1.82, 2.24) is 9.97 Å². The Bertz CT molecular complexity index is 302. The number of nitrogens with zero attached hydrogens (tertiary/aromatic N) is 2. The first-order valence-electron chi connectivity index (χ1n) is 3.75. The molecule has 0 saturated carbocycles. The number of rotatable bonds is 3. The Hall–Kier alpha value is -0.850. The highest BCUT2D eigenvalue weighted by Gasteiger charge is 2.26. The van der Waals surface area contributed by atoms with E-state index in [9.17, 15) is 13.2 Å². The van der Waals surface area contributed by atoms with E-state index >= 15 is 0 Å².